The van der Waals surface area contributed by atoms with Gasteiger partial charge in [-0.05, 0) is 0 Å². The fourth-order valence-corrected chi connectivity index (χ4v) is 5.99. The Labute approximate surface area is 128 Å². The van der Waals surface area contributed by atoms with Crippen LogP contribution in [0, 0.1) is 6.92 Å². The van der Waals surface area contributed by atoms with E-state index in [9.17, 15) is 0 Å². The predicted molar refractivity (Wildman–Crippen MR) is 94.0 cm³/mol. The van der Waals surface area contributed by atoms with E-state index in [1.54, 1.807) is 0 Å². The Bertz CT molecular complexity index is 473. The van der Waals surface area contributed by atoms with Crippen molar-refractivity contribution in [1.29, 1.82) is 0 Å². The van der Waals surface area contributed by atoms with Gasteiger partial charge in [-0.15, -0.1) is 0 Å². The monoisotopic (exact) mass is 315 g/mol. The summed E-state index contributed by atoms with van der Waals surface area (Å²) < 4.78 is 6.38. The van der Waals surface area contributed by atoms with Crippen LogP contribution in [0.1, 0.15) is 11.1 Å². The van der Waals surface area contributed by atoms with Gasteiger partial charge in [0.2, 0.25) is 0 Å². The minimum absolute atomic E-state index is 1.20. The molecule has 0 amide bonds. The van der Waals surface area contributed by atoms with Gasteiger partial charge in [-0.25, -0.2) is 0 Å². The second-order valence-electron chi connectivity index (χ2n) is 5.65. The van der Waals surface area contributed by atoms with Crippen LogP contribution in [0.2, 0.25) is 0 Å². The van der Waals surface area contributed by atoms with Gasteiger partial charge in [-0.3, -0.25) is 0 Å². The van der Waals surface area contributed by atoms with E-state index in [1.807, 2.05) is 42.3 Å². The van der Waals surface area contributed by atoms with Crippen LogP contribution >= 0.6 is 17.6 Å². The van der Waals surface area contributed by atoms with Crippen molar-refractivity contribution in [2.75, 3.05) is 42.3 Å². The third-order valence-electron chi connectivity index (χ3n) is 3.92. The number of rotatable bonds is 5. The summed E-state index contributed by atoms with van der Waals surface area (Å²) in [4.78, 5) is 0. The number of benzene rings is 1. The molecule has 0 N–H and O–H groups in total. The number of aryl methyl sites for hydroxylation is 1. The van der Waals surface area contributed by atoms with Gasteiger partial charge in [0.25, 0.3) is 0 Å². The summed E-state index contributed by atoms with van der Waals surface area (Å²) in [6, 6.07) is 8.34. The molecule has 1 rings (SSSR count). The second-order valence-corrected chi connectivity index (χ2v) is 12.2. The molecule has 1 aromatic rings. The Balaban J connectivity index is 3.39. The average molecular weight is 316 g/mol. The van der Waals surface area contributed by atoms with Crippen molar-refractivity contribution in [3.05, 3.63) is 41.2 Å². The van der Waals surface area contributed by atoms with Crippen LogP contribution in [0.4, 0.5) is 0 Å². The molecular weight excluding hydrogens is 289 g/mol. The fourth-order valence-electron chi connectivity index (χ4n) is 2.46. The summed E-state index contributed by atoms with van der Waals surface area (Å²) in [6.45, 7) is 2.11. The van der Waals surface area contributed by atoms with E-state index in [-0.39, 0.29) is 0 Å². The molecule has 0 aliphatic carbocycles. The topological polar surface area (TPSA) is 9.72 Å². The Morgan fingerprint density at radius 3 is 1.75 bits per heavy atom. The summed E-state index contributed by atoms with van der Waals surface area (Å²) in [5.74, 6) is 2.16. The fraction of sp³-hybridized carbons (Fsp3) is 0.467. The number of nitrogens with zero attached hydrogens (tertiary/aromatic N) is 3. The first-order chi connectivity index (χ1) is 9.14. The molecule has 0 radical (unpaired) electrons. The number of hydrogen-bond acceptors (Lipinski definition) is 3. The molecule has 0 atom stereocenters. The molecule has 0 spiro atoms. The third-order valence-corrected chi connectivity index (χ3v) is 12.1. The minimum atomic E-state index is -2.93. The third kappa shape index (κ3) is 2.79. The molecule has 0 aromatic heterocycles. The van der Waals surface area contributed by atoms with Gasteiger partial charge in [0.15, 0.2) is 0 Å². The number of halogens is 1. The Kier molecular flexibility index (Phi) is 5.40. The predicted octanol–water partition coefficient (Wildman–Crippen LogP) is 4.10. The van der Waals surface area contributed by atoms with Crippen molar-refractivity contribution >= 4 is 23.7 Å². The van der Waals surface area contributed by atoms with Crippen LogP contribution in [0.15, 0.2) is 30.1 Å². The summed E-state index contributed by atoms with van der Waals surface area (Å²) >= 11 is 7.23. The SMILES string of the molecule is Cc1ccccc1/C=C/P(Cl)(N(C)C)(N(C)C)N(C)C. The van der Waals surface area contributed by atoms with E-state index < -0.39 is 6.41 Å². The van der Waals surface area contributed by atoms with Gasteiger partial charge < -0.3 is 0 Å². The molecule has 114 valence electrons. The molecule has 20 heavy (non-hydrogen) atoms. The van der Waals surface area contributed by atoms with Crippen molar-refractivity contribution in [3.63, 3.8) is 0 Å². The average Bonchev–Trinajstić information content (AvgIpc) is 2.36. The van der Waals surface area contributed by atoms with Crippen molar-refractivity contribution in [3.8, 4) is 0 Å². The van der Waals surface area contributed by atoms with E-state index in [1.165, 1.54) is 11.1 Å². The number of hydrogen-bond donors (Lipinski definition) is 0. The molecule has 0 heterocycles. The van der Waals surface area contributed by atoms with Crippen molar-refractivity contribution in [2.45, 2.75) is 6.92 Å². The van der Waals surface area contributed by atoms with E-state index in [0.29, 0.717) is 0 Å². The van der Waals surface area contributed by atoms with Gasteiger partial charge in [0, 0.05) is 0 Å². The van der Waals surface area contributed by atoms with Crippen LogP contribution in [0.5, 0.6) is 0 Å². The van der Waals surface area contributed by atoms with E-state index in [2.05, 4.69) is 57.1 Å². The van der Waals surface area contributed by atoms with Crippen molar-refractivity contribution in [2.24, 2.45) is 0 Å². The van der Waals surface area contributed by atoms with Gasteiger partial charge in [-0.2, -0.15) is 0 Å². The molecule has 0 fully saturated rings. The molecule has 3 nitrogen and oxygen atoms in total. The molecule has 5 heteroatoms. The van der Waals surface area contributed by atoms with E-state index >= 15 is 0 Å². The zero-order valence-corrected chi connectivity index (χ0v) is 15.3. The van der Waals surface area contributed by atoms with Crippen LogP contribution in [0.25, 0.3) is 6.08 Å². The van der Waals surface area contributed by atoms with Gasteiger partial charge in [-0.1, -0.05) is 0 Å². The summed E-state index contributed by atoms with van der Waals surface area (Å²) in [6.07, 6.45) is -0.793. The normalized spacial score (nSPS) is 15.2. The van der Waals surface area contributed by atoms with Crippen LogP contribution < -0.4 is 0 Å². The maximum absolute atomic E-state index is 7.23. The summed E-state index contributed by atoms with van der Waals surface area (Å²) in [5.41, 5.74) is 2.45. The Hall–Kier alpha value is -0.440. The maximum atomic E-state index is 7.23. The summed E-state index contributed by atoms with van der Waals surface area (Å²) in [5, 5.41) is 0. The quantitative estimate of drug-likeness (QED) is 0.757. The first-order valence-electron chi connectivity index (χ1n) is 6.66. The van der Waals surface area contributed by atoms with Crippen LogP contribution in [-0.2, 0) is 0 Å². The van der Waals surface area contributed by atoms with Crippen LogP contribution in [-0.4, -0.2) is 56.3 Å². The van der Waals surface area contributed by atoms with Gasteiger partial charge in [0.05, 0.1) is 0 Å². The molecular formula is C15H27ClN3P. The van der Waals surface area contributed by atoms with Gasteiger partial charge in [0.1, 0.15) is 0 Å². The first kappa shape index (κ1) is 17.6. The van der Waals surface area contributed by atoms with E-state index in [0.717, 1.165) is 0 Å². The Morgan fingerprint density at radius 1 is 0.900 bits per heavy atom. The molecule has 0 bridgehead atoms. The standard InChI is InChI=1S/C15H27ClN3P/c1-14-10-8-9-11-15(14)12-13-20(16,17(2)3,18(4)5)19(6)7/h8-13H,1-7H3/b13-12+. The first-order valence-corrected chi connectivity index (χ1v) is 9.73. The molecule has 0 saturated heterocycles. The molecule has 0 aliphatic rings. The van der Waals surface area contributed by atoms with Crippen LogP contribution in [0.3, 0.4) is 0 Å². The Morgan fingerprint density at radius 2 is 1.35 bits per heavy atom. The van der Waals surface area contributed by atoms with Crippen molar-refractivity contribution in [1.82, 2.24) is 14.0 Å². The zero-order valence-electron chi connectivity index (χ0n) is 13.6. The van der Waals surface area contributed by atoms with Gasteiger partial charge >= 0.3 is 128 Å². The molecule has 1 aromatic carbocycles. The molecule has 0 unspecified atom stereocenters. The van der Waals surface area contributed by atoms with E-state index in [4.69, 9.17) is 11.2 Å². The summed E-state index contributed by atoms with van der Waals surface area (Å²) in [7, 11) is 12.2. The van der Waals surface area contributed by atoms with Crippen molar-refractivity contribution < 1.29 is 0 Å². The zero-order chi connectivity index (χ0) is 15.6. The molecule has 0 aliphatic heterocycles. The molecule has 0 saturated carbocycles. The second kappa shape index (κ2) is 6.13.